The lowest BCUT2D eigenvalue weighted by Gasteiger charge is -2.32. The summed E-state index contributed by atoms with van der Waals surface area (Å²) in [6.45, 7) is 0.266. The molecule has 3 N–H and O–H groups in total. The van der Waals surface area contributed by atoms with Gasteiger partial charge in [-0.2, -0.15) is 8.70 Å². The zero-order valence-electron chi connectivity index (χ0n) is 19.4. The number of para-hydroxylation sites is 1. The molecule has 0 bridgehead atoms. The number of ether oxygens (including phenoxy) is 2. The predicted octanol–water partition coefficient (Wildman–Crippen LogP) is 3.59. The second kappa shape index (κ2) is 10.1. The number of pyridine rings is 1. The number of hydrogen-bond acceptors (Lipinski definition) is 6. The van der Waals surface area contributed by atoms with Gasteiger partial charge in [-0.25, -0.2) is 13.4 Å². The van der Waals surface area contributed by atoms with Crippen molar-refractivity contribution in [1.82, 2.24) is 14.3 Å². The van der Waals surface area contributed by atoms with Crippen LogP contribution in [0.15, 0.2) is 65.7 Å². The summed E-state index contributed by atoms with van der Waals surface area (Å²) in [5.74, 6) is -0.969. The molecule has 1 aliphatic rings. The van der Waals surface area contributed by atoms with Gasteiger partial charge in [0.25, 0.3) is 5.91 Å². The van der Waals surface area contributed by atoms with E-state index in [-0.39, 0.29) is 42.3 Å². The monoisotopic (exact) mass is 544 g/mol. The first-order valence-electron chi connectivity index (χ1n) is 11.3. The summed E-state index contributed by atoms with van der Waals surface area (Å²) in [6.07, 6.45) is 0.820. The second-order valence-electron chi connectivity index (χ2n) is 8.42. The molecule has 37 heavy (non-hydrogen) atoms. The summed E-state index contributed by atoms with van der Waals surface area (Å²) in [5, 5.41) is 0.602. The standard InChI is InChI=1S/C25H22ClFN4O5S/c26-16-6-7-20-19(11-16)24(23(30-20)25(28)32)37(33,34)31-9-10-35-17(13-31)14-36-21-4-2-1-3-18(21)15-5-8-22(27)29-12-15/h1-8,11-12,17,30H,9-10,13-14H2,(H2,28,32). The highest BCUT2D eigenvalue weighted by atomic mass is 35.5. The quantitative estimate of drug-likeness (QED) is 0.342. The Hall–Kier alpha value is -3.51. The molecule has 1 unspecified atom stereocenters. The van der Waals surface area contributed by atoms with Gasteiger partial charge in [-0.15, -0.1) is 0 Å². The van der Waals surface area contributed by atoms with E-state index >= 15 is 0 Å². The van der Waals surface area contributed by atoms with Gasteiger partial charge in [0, 0.05) is 46.3 Å². The first-order valence-corrected chi connectivity index (χ1v) is 13.1. The average Bonchev–Trinajstić information content (AvgIpc) is 3.28. The van der Waals surface area contributed by atoms with Gasteiger partial charge in [-0.05, 0) is 36.4 Å². The zero-order valence-corrected chi connectivity index (χ0v) is 20.9. The first kappa shape index (κ1) is 25.2. The summed E-state index contributed by atoms with van der Waals surface area (Å²) in [4.78, 5) is 18.4. The molecule has 1 fully saturated rings. The fourth-order valence-electron chi connectivity index (χ4n) is 4.27. The maximum absolute atomic E-state index is 13.7. The van der Waals surface area contributed by atoms with E-state index in [9.17, 15) is 17.6 Å². The number of primary amides is 1. The van der Waals surface area contributed by atoms with Crippen LogP contribution in [-0.4, -0.2) is 61.0 Å². The van der Waals surface area contributed by atoms with Crippen LogP contribution in [0.25, 0.3) is 22.0 Å². The smallest absolute Gasteiger partial charge is 0.266 e. The number of fused-ring (bicyclic) bond motifs is 1. The Morgan fingerprint density at radius 1 is 1.24 bits per heavy atom. The van der Waals surface area contributed by atoms with Gasteiger partial charge in [0.1, 0.15) is 29.0 Å². The van der Waals surface area contributed by atoms with Crippen molar-refractivity contribution < 1.29 is 27.1 Å². The summed E-state index contributed by atoms with van der Waals surface area (Å²) < 4.78 is 53.7. The largest absolute Gasteiger partial charge is 0.490 e. The Kier molecular flexibility index (Phi) is 6.86. The number of halogens is 2. The number of rotatable bonds is 7. The number of nitrogens with two attached hydrogens (primary N) is 1. The maximum Gasteiger partial charge on any atom is 0.266 e. The van der Waals surface area contributed by atoms with Gasteiger partial charge in [0.15, 0.2) is 0 Å². The van der Waals surface area contributed by atoms with E-state index < -0.39 is 28.0 Å². The number of nitrogens with zero attached hydrogens (tertiary/aromatic N) is 2. The van der Waals surface area contributed by atoms with Crippen LogP contribution in [0, 0.1) is 5.95 Å². The third-order valence-electron chi connectivity index (χ3n) is 6.01. The number of aromatic nitrogens is 2. The normalized spacial score (nSPS) is 16.6. The SMILES string of the molecule is NC(=O)c1[nH]c2ccc(Cl)cc2c1S(=O)(=O)N1CCOC(COc2ccccc2-c2ccc(F)nc2)C1. The average molecular weight is 545 g/mol. The van der Waals surface area contributed by atoms with E-state index in [0.717, 1.165) is 0 Å². The van der Waals surface area contributed by atoms with Crippen LogP contribution >= 0.6 is 11.6 Å². The van der Waals surface area contributed by atoms with Crippen molar-refractivity contribution >= 4 is 38.4 Å². The molecule has 0 aliphatic carbocycles. The summed E-state index contributed by atoms with van der Waals surface area (Å²) in [6, 6.07) is 14.7. The number of hydrogen-bond donors (Lipinski definition) is 2. The lowest BCUT2D eigenvalue weighted by molar-refractivity contribution is -0.0248. The molecule has 1 atom stereocenters. The topological polar surface area (TPSA) is 128 Å². The number of morpholine rings is 1. The van der Waals surface area contributed by atoms with Gasteiger partial charge in [-0.3, -0.25) is 4.79 Å². The molecule has 4 aromatic rings. The van der Waals surface area contributed by atoms with Gasteiger partial charge in [0.05, 0.1) is 6.61 Å². The molecule has 1 aliphatic heterocycles. The second-order valence-corrected chi connectivity index (χ2v) is 10.7. The minimum absolute atomic E-state index is 0.00591. The molecule has 3 heterocycles. The van der Waals surface area contributed by atoms with Gasteiger partial charge < -0.3 is 20.2 Å². The first-order chi connectivity index (χ1) is 17.7. The molecule has 5 rings (SSSR count). The van der Waals surface area contributed by atoms with E-state index in [1.165, 1.54) is 22.6 Å². The molecule has 2 aromatic carbocycles. The lowest BCUT2D eigenvalue weighted by atomic mass is 10.1. The Bertz CT molecular complexity index is 1580. The molecule has 2 aromatic heterocycles. The highest BCUT2D eigenvalue weighted by Gasteiger charge is 2.36. The number of benzene rings is 2. The van der Waals surface area contributed by atoms with Crippen molar-refractivity contribution in [1.29, 1.82) is 0 Å². The van der Waals surface area contributed by atoms with Crippen molar-refractivity contribution in [2.45, 2.75) is 11.0 Å². The van der Waals surface area contributed by atoms with Crippen molar-refractivity contribution in [2.24, 2.45) is 5.73 Å². The molecule has 0 radical (unpaired) electrons. The van der Waals surface area contributed by atoms with E-state index in [4.69, 9.17) is 26.8 Å². The van der Waals surface area contributed by atoms with Gasteiger partial charge in [-0.1, -0.05) is 29.8 Å². The summed E-state index contributed by atoms with van der Waals surface area (Å²) in [7, 11) is -4.15. The molecule has 0 saturated carbocycles. The maximum atomic E-state index is 13.7. The molecular formula is C25H22ClFN4O5S. The van der Waals surface area contributed by atoms with E-state index in [1.54, 1.807) is 30.3 Å². The lowest BCUT2D eigenvalue weighted by Crippen LogP contribution is -2.47. The Morgan fingerprint density at radius 2 is 2.05 bits per heavy atom. The van der Waals surface area contributed by atoms with Crippen molar-refractivity contribution in [2.75, 3.05) is 26.3 Å². The highest BCUT2D eigenvalue weighted by molar-refractivity contribution is 7.89. The molecule has 0 spiro atoms. The van der Waals surface area contributed by atoms with E-state index in [2.05, 4.69) is 9.97 Å². The molecule has 1 amide bonds. The minimum Gasteiger partial charge on any atom is -0.490 e. The van der Waals surface area contributed by atoms with Crippen LogP contribution < -0.4 is 10.5 Å². The van der Waals surface area contributed by atoms with Crippen molar-refractivity contribution in [3.05, 3.63) is 77.5 Å². The summed E-state index contributed by atoms with van der Waals surface area (Å²) >= 11 is 6.11. The number of nitrogens with one attached hydrogen (secondary N) is 1. The van der Waals surface area contributed by atoms with E-state index in [1.807, 2.05) is 12.1 Å². The molecule has 9 nitrogen and oxygen atoms in total. The van der Waals surface area contributed by atoms with Crippen molar-refractivity contribution in [3.63, 3.8) is 0 Å². The molecular weight excluding hydrogens is 523 g/mol. The Morgan fingerprint density at radius 3 is 2.81 bits per heavy atom. The Balaban J connectivity index is 1.38. The molecule has 1 saturated heterocycles. The zero-order chi connectivity index (χ0) is 26.2. The number of aromatic amines is 1. The van der Waals surface area contributed by atoms with Gasteiger partial charge >= 0.3 is 0 Å². The predicted molar refractivity (Wildman–Crippen MR) is 135 cm³/mol. The van der Waals surface area contributed by atoms with Crippen LogP contribution in [0.5, 0.6) is 5.75 Å². The number of carbonyl (C=O) groups is 1. The van der Waals surface area contributed by atoms with Crippen LogP contribution in [0.1, 0.15) is 10.5 Å². The van der Waals surface area contributed by atoms with Crippen LogP contribution in [0.2, 0.25) is 5.02 Å². The fraction of sp³-hybridized carbons (Fsp3) is 0.200. The number of sulfonamides is 1. The molecule has 12 heteroatoms. The number of H-pyrrole nitrogens is 1. The molecule has 192 valence electrons. The number of amides is 1. The summed E-state index contributed by atoms with van der Waals surface area (Å²) in [5.41, 5.74) is 7.09. The van der Waals surface area contributed by atoms with Gasteiger partial charge in [0.2, 0.25) is 16.0 Å². The third kappa shape index (κ3) is 5.03. The van der Waals surface area contributed by atoms with Crippen molar-refractivity contribution in [3.8, 4) is 16.9 Å². The Labute approximate surface area is 217 Å². The highest BCUT2D eigenvalue weighted by Crippen LogP contribution is 2.33. The fourth-order valence-corrected chi connectivity index (χ4v) is 6.23. The van der Waals surface area contributed by atoms with Crippen LogP contribution in [0.3, 0.4) is 0 Å². The number of carbonyl (C=O) groups excluding carboxylic acids is 1. The van der Waals surface area contributed by atoms with Crippen LogP contribution in [-0.2, 0) is 14.8 Å². The van der Waals surface area contributed by atoms with E-state index in [0.29, 0.717) is 27.4 Å². The minimum atomic E-state index is -4.15. The third-order valence-corrected chi connectivity index (χ3v) is 8.20. The van der Waals surface area contributed by atoms with Crippen LogP contribution in [0.4, 0.5) is 4.39 Å².